The van der Waals surface area contributed by atoms with Crippen LogP contribution in [0.2, 0.25) is 15.1 Å². The molecule has 0 aliphatic heterocycles. The Morgan fingerprint density at radius 3 is 2.14 bits per heavy atom. The molecular formula is C13H19Cl3IN3O2. The van der Waals surface area contributed by atoms with E-state index in [-0.39, 0.29) is 24.0 Å². The Balaban J connectivity index is 0.00000441. The van der Waals surface area contributed by atoms with Crippen LogP contribution in [0.15, 0.2) is 17.1 Å². The van der Waals surface area contributed by atoms with Crippen molar-refractivity contribution in [1.82, 2.24) is 10.6 Å². The van der Waals surface area contributed by atoms with Crippen molar-refractivity contribution in [3.63, 3.8) is 0 Å². The lowest BCUT2D eigenvalue weighted by molar-refractivity contribution is 0.203. The second-order valence-corrected chi connectivity index (χ2v) is 5.22. The van der Waals surface area contributed by atoms with Gasteiger partial charge in [-0.25, -0.2) is 0 Å². The lowest BCUT2D eigenvalue weighted by Crippen LogP contribution is -2.40. The van der Waals surface area contributed by atoms with E-state index in [4.69, 9.17) is 44.3 Å². The van der Waals surface area contributed by atoms with Gasteiger partial charge in [-0.2, -0.15) is 0 Å². The maximum absolute atomic E-state index is 6.02. The number of nitrogens with one attached hydrogen (secondary N) is 2. The molecule has 0 radical (unpaired) electrons. The SMILES string of the molecule is CN=C(NCCOC)NCCOc1c(Cl)cc(Cl)cc1Cl.I. The number of ether oxygens (including phenoxy) is 2. The highest BCUT2D eigenvalue weighted by atomic mass is 127. The van der Waals surface area contributed by atoms with Crippen molar-refractivity contribution in [3.05, 3.63) is 27.2 Å². The molecule has 126 valence electrons. The summed E-state index contributed by atoms with van der Waals surface area (Å²) in [6.45, 7) is 2.20. The number of hydrogen-bond acceptors (Lipinski definition) is 3. The zero-order valence-corrected chi connectivity index (χ0v) is 16.9. The van der Waals surface area contributed by atoms with Gasteiger partial charge in [0.2, 0.25) is 0 Å². The molecule has 2 N–H and O–H groups in total. The van der Waals surface area contributed by atoms with Gasteiger partial charge < -0.3 is 20.1 Å². The van der Waals surface area contributed by atoms with Gasteiger partial charge in [-0.1, -0.05) is 34.8 Å². The molecule has 0 amide bonds. The minimum atomic E-state index is 0. The summed E-state index contributed by atoms with van der Waals surface area (Å²) in [4.78, 5) is 4.06. The van der Waals surface area contributed by atoms with E-state index in [0.29, 0.717) is 53.1 Å². The van der Waals surface area contributed by atoms with Crippen molar-refractivity contribution in [3.8, 4) is 5.75 Å². The Morgan fingerprint density at radius 1 is 1.09 bits per heavy atom. The van der Waals surface area contributed by atoms with Gasteiger partial charge >= 0.3 is 0 Å². The lowest BCUT2D eigenvalue weighted by Gasteiger charge is -2.13. The summed E-state index contributed by atoms with van der Waals surface area (Å²) >= 11 is 17.9. The molecule has 0 saturated carbocycles. The van der Waals surface area contributed by atoms with Crippen LogP contribution in [0, 0.1) is 0 Å². The van der Waals surface area contributed by atoms with Crippen LogP contribution < -0.4 is 15.4 Å². The van der Waals surface area contributed by atoms with E-state index >= 15 is 0 Å². The van der Waals surface area contributed by atoms with Gasteiger partial charge in [-0.3, -0.25) is 4.99 Å². The minimum Gasteiger partial charge on any atom is -0.489 e. The average molecular weight is 483 g/mol. The number of benzene rings is 1. The van der Waals surface area contributed by atoms with E-state index in [1.165, 1.54) is 0 Å². The molecule has 22 heavy (non-hydrogen) atoms. The molecule has 0 unspecified atom stereocenters. The van der Waals surface area contributed by atoms with Gasteiger partial charge in [-0.15, -0.1) is 24.0 Å². The van der Waals surface area contributed by atoms with Crippen molar-refractivity contribution >= 4 is 64.7 Å². The van der Waals surface area contributed by atoms with Crippen molar-refractivity contribution in [1.29, 1.82) is 0 Å². The van der Waals surface area contributed by atoms with Crippen molar-refractivity contribution in [2.45, 2.75) is 0 Å². The summed E-state index contributed by atoms with van der Waals surface area (Å²) in [5, 5.41) is 7.42. The largest absolute Gasteiger partial charge is 0.489 e. The Bertz CT molecular complexity index is 467. The van der Waals surface area contributed by atoms with Crippen LogP contribution in [-0.2, 0) is 4.74 Å². The second-order valence-electron chi connectivity index (χ2n) is 3.97. The molecule has 0 saturated heterocycles. The van der Waals surface area contributed by atoms with Crippen LogP contribution in [0.4, 0.5) is 0 Å². The average Bonchev–Trinajstić information content (AvgIpc) is 2.43. The second kappa shape index (κ2) is 12.3. The molecule has 0 fully saturated rings. The van der Waals surface area contributed by atoms with E-state index in [1.54, 1.807) is 26.3 Å². The number of methoxy groups -OCH3 is 1. The van der Waals surface area contributed by atoms with Crippen LogP contribution in [0.5, 0.6) is 5.75 Å². The molecule has 0 aromatic heterocycles. The molecule has 1 rings (SSSR count). The minimum absolute atomic E-state index is 0. The third-order valence-corrected chi connectivity index (χ3v) is 3.21. The standard InChI is InChI=1S/C13H18Cl3N3O2.HI/c1-17-13(18-3-5-20-2)19-4-6-21-12-10(15)7-9(14)8-11(12)16;/h7-8H,3-6H2,1-2H3,(H2,17,18,19);1H. The molecule has 0 atom stereocenters. The molecule has 0 bridgehead atoms. The van der Waals surface area contributed by atoms with Gasteiger partial charge in [-0.05, 0) is 12.1 Å². The van der Waals surface area contributed by atoms with E-state index < -0.39 is 0 Å². The highest BCUT2D eigenvalue weighted by Crippen LogP contribution is 2.35. The first-order valence-electron chi connectivity index (χ1n) is 6.29. The smallest absolute Gasteiger partial charge is 0.191 e. The van der Waals surface area contributed by atoms with Crippen LogP contribution in [0.1, 0.15) is 0 Å². The van der Waals surface area contributed by atoms with Crippen molar-refractivity contribution < 1.29 is 9.47 Å². The molecule has 1 aromatic rings. The van der Waals surface area contributed by atoms with Crippen molar-refractivity contribution in [2.75, 3.05) is 40.5 Å². The van der Waals surface area contributed by atoms with Gasteiger partial charge in [0.25, 0.3) is 0 Å². The number of guanidine groups is 1. The van der Waals surface area contributed by atoms with Gasteiger partial charge in [0.05, 0.1) is 23.2 Å². The number of halogens is 4. The van der Waals surface area contributed by atoms with Gasteiger partial charge in [0, 0.05) is 25.7 Å². The van der Waals surface area contributed by atoms with E-state index in [0.717, 1.165) is 0 Å². The molecular weight excluding hydrogens is 463 g/mol. The Kier molecular flexibility index (Phi) is 12.2. The molecule has 9 heteroatoms. The quantitative estimate of drug-likeness (QED) is 0.271. The topological polar surface area (TPSA) is 54.9 Å². The normalized spacial score (nSPS) is 10.9. The molecule has 0 aliphatic rings. The summed E-state index contributed by atoms with van der Waals surface area (Å²) in [6.07, 6.45) is 0. The summed E-state index contributed by atoms with van der Waals surface area (Å²) in [6, 6.07) is 3.17. The fourth-order valence-corrected chi connectivity index (χ4v) is 2.41. The summed E-state index contributed by atoms with van der Waals surface area (Å²) in [5.41, 5.74) is 0. The predicted octanol–water partition coefficient (Wildman–Crippen LogP) is 3.46. The Morgan fingerprint density at radius 2 is 1.64 bits per heavy atom. The van der Waals surface area contributed by atoms with Crippen LogP contribution in [0.25, 0.3) is 0 Å². The molecule has 0 aliphatic carbocycles. The maximum Gasteiger partial charge on any atom is 0.191 e. The predicted molar refractivity (Wildman–Crippen MR) is 104 cm³/mol. The van der Waals surface area contributed by atoms with Gasteiger partial charge in [0.15, 0.2) is 11.7 Å². The molecule has 0 spiro atoms. The number of rotatable bonds is 7. The summed E-state index contributed by atoms with van der Waals surface area (Å²) < 4.78 is 10.5. The third-order valence-electron chi connectivity index (χ3n) is 2.43. The van der Waals surface area contributed by atoms with E-state index in [9.17, 15) is 0 Å². The number of nitrogens with zero attached hydrogens (tertiary/aromatic N) is 1. The first-order valence-corrected chi connectivity index (χ1v) is 7.42. The van der Waals surface area contributed by atoms with E-state index in [1.807, 2.05) is 0 Å². The molecule has 0 heterocycles. The Hall–Kier alpha value is -0.150. The maximum atomic E-state index is 6.02. The molecule has 5 nitrogen and oxygen atoms in total. The fourth-order valence-electron chi connectivity index (χ4n) is 1.48. The third kappa shape index (κ3) is 7.92. The monoisotopic (exact) mass is 481 g/mol. The fraction of sp³-hybridized carbons (Fsp3) is 0.462. The first-order chi connectivity index (χ1) is 10.1. The zero-order valence-electron chi connectivity index (χ0n) is 12.3. The first kappa shape index (κ1) is 21.9. The van der Waals surface area contributed by atoms with E-state index in [2.05, 4.69) is 15.6 Å². The van der Waals surface area contributed by atoms with Gasteiger partial charge in [0.1, 0.15) is 6.61 Å². The number of hydrogen-bond donors (Lipinski definition) is 2. The summed E-state index contributed by atoms with van der Waals surface area (Å²) in [7, 11) is 3.33. The number of aliphatic imine (C=N–C) groups is 1. The molecule has 1 aromatic carbocycles. The zero-order chi connectivity index (χ0) is 15.7. The Labute approximate surface area is 162 Å². The van der Waals surface area contributed by atoms with Crippen LogP contribution in [-0.4, -0.2) is 46.4 Å². The highest BCUT2D eigenvalue weighted by molar-refractivity contribution is 14.0. The summed E-state index contributed by atoms with van der Waals surface area (Å²) in [5.74, 6) is 1.09. The van der Waals surface area contributed by atoms with Crippen LogP contribution in [0.3, 0.4) is 0 Å². The highest BCUT2D eigenvalue weighted by Gasteiger charge is 2.09. The van der Waals surface area contributed by atoms with Crippen molar-refractivity contribution in [2.24, 2.45) is 4.99 Å². The van der Waals surface area contributed by atoms with Crippen LogP contribution >= 0.6 is 58.8 Å². The lowest BCUT2D eigenvalue weighted by atomic mass is 10.3.